The van der Waals surface area contributed by atoms with E-state index in [4.69, 9.17) is 14.9 Å². The number of nitrogens with one attached hydrogen (secondary N) is 1. The van der Waals surface area contributed by atoms with Crippen LogP contribution in [0.2, 0.25) is 0 Å². The standard InChI is InChI=1S/C23H28N4O3/c1-3-29-20-13-16(8-7-15(20)2)14-27(17-9-11-25-12-10-17)23-26-21-18(22(24)28)5-4-6-19(21)30-23/h4-8,13,17,25H,3,9-12,14H2,1-2H3,(H2,24,28). The van der Waals surface area contributed by atoms with E-state index in [1.54, 1.807) is 12.1 Å². The molecular formula is C23H28N4O3. The van der Waals surface area contributed by atoms with Crippen molar-refractivity contribution >= 4 is 23.0 Å². The van der Waals surface area contributed by atoms with Crippen molar-refractivity contribution in [3.05, 3.63) is 53.1 Å². The Labute approximate surface area is 176 Å². The van der Waals surface area contributed by atoms with Crippen molar-refractivity contribution in [1.29, 1.82) is 0 Å². The number of para-hydroxylation sites is 1. The molecule has 0 radical (unpaired) electrons. The SMILES string of the molecule is CCOc1cc(CN(c2nc3c(C(N)=O)cccc3o2)C2CCNCC2)ccc1C. The van der Waals surface area contributed by atoms with E-state index in [-0.39, 0.29) is 6.04 Å². The highest BCUT2D eigenvalue weighted by molar-refractivity contribution is 6.03. The molecule has 30 heavy (non-hydrogen) atoms. The zero-order chi connectivity index (χ0) is 21.1. The molecule has 1 aromatic heterocycles. The third-order valence-electron chi connectivity index (χ3n) is 5.57. The van der Waals surface area contributed by atoms with Crippen molar-refractivity contribution in [3.63, 3.8) is 0 Å². The normalized spacial score (nSPS) is 14.7. The number of nitrogens with two attached hydrogens (primary N) is 1. The van der Waals surface area contributed by atoms with Gasteiger partial charge in [-0.1, -0.05) is 18.2 Å². The number of carbonyl (C=O) groups excluding carboxylic acids is 1. The fourth-order valence-corrected chi connectivity index (χ4v) is 3.98. The van der Waals surface area contributed by atoms with Gasteiger partial charge in [-0.25, -0.2) is 0 Å². The van der Waals surface area contributed by atoms with Gasteiger partial charge < -0.3 is 25.1 Å². The number of nitrogens with zero attached hydrogens (tertiary/aromatic N) is 2. The molecule has 0 bridgehead atoms. The van der Waals surface area contributed by atoms with E-state index in [9.17, 15) is 4.79 Å². The van der Waals surface area contributed by atoms with Crippen molar-refractivity contribution < 1.29 is 13.9 Å². The number of carbonyl (C=O) groups is 1. The number of anilines is 1. The van der Waals surface area contributed by atoms with Gasteiger partial charge in [-0.05, 0) is 69.1 Å². The van der Waals surface area contributed by atoms with Crippen LogP contribution in [-0.4, -0.2) is 36.6 Å². The minimum atomic E-state index is -0.506. The Morgan fingerprint density at radius 3 is 2.83 bits per heavy atom. The van der Waals surface area contributed by atoms with Gasteiger partial charge in [0.1, 0.15) is 11.3 Å². The highest BCUT2D eigenvalue weighted by Crippen LogP contribution is 2.30. The van der Waals surface area contributed by atoms with Gasteiger partial charge >= 0.3 is 0 Å². The van der Waals surface area contributed by atoms with E-state index in [0.717, 1.165) is 42.8 Å². The number of piperidine rings is 1. The molecular weight excluding hydrogens is 380 g/mol. The molecule has 1 amide bonds. The van der Waals surface area contributed by atoms with Crippen molar-refractivity contribution in [2.45, 2.75) is 39.3 Å². The highest BCUT2D eigenvalue weighted by atomic mass is 16.5. The number of aryl methyl sites for hydroxylation is 1. The van der Waals surface area contributed by atoms with Gasteiger partial charge in [-0.2, -0.15) is 4.98 Å². The van der Waals surface area contributed by atoms with Gasteiger partial charge in [0.15, 0.2) is 5.58 Å². The van der Waals surface area contributed by atoms with Crippen molar-refractivity contribution in [2.24, 2.45) is 5.73 Å². The first-order valence-electron chi connectivity index (χ1n) is 10.5. The van der Waals surface area contributed by atoms with Crippen LogP contribution >= 0.6 is 0 Å². The van der Waals surface area contributed by atoms with Crippen LogP contribution in [0.3, 0.4) is 0 Å². The molecule has 0 aliphatic carbocycles. The zero-order valence-corrected chi connectivity index (χ0v) is 17.5. The van der Waals surface area contributed by atoms with Gasteiger partial charge in [-0.3, -0.25) is 4.79 Å². The monoisotopic (exact) mass is 408 g/mol. The summed E-state index contributed by atoms with van der Waals surface area (Å²) < 4.78 is 11.9. The number of amides is 1. The second-order valence-electron chi connectivity index (χ2n) is 7.65. The largest absolute Gasteiger partial charge is 0.494 e. The summed E-state index contributed by atoms with van der Waals surface area (Å²) in [5.74, 6) is 0.391. The Morgan fingerprint density at radius 1 is 1.30 bits per heavy atom. The molecule has 1 aliphatic rings. The minimum absolute atomic E-state index is 0.285. The third-order valence-corrected chi connectivity index (χ3v) is 5.57. The predicted molar refractivity (Wildman–Crippen MR) is 117 cm³/mol. The highest BCUT2D eigenvalue weighted by Gasteiger charge is 2.26. The van der Waals surface area contributed by atoms with Gasteiger partial charge in [0.25, 0.3) is 11.9 Å². The Bertz CT molecular complexity index is 1040. The molecule has 0 spiro atoms. The summed E-state index contributed by atoms with van der Waals surface area (Å²) in [6.45, 7) is 7.21. The molecule has 158 valence electrons. The maximum absolute atomic E-state index is 11.8. The molecule has 4 rings (SSSR count). The molecule has 2 heterocycles. The number of hydrogen-bond acceptors (Lipinski definition) is 6. The molecule has 7 heteroatoms. The third kappa shape index (κ3) is 4.11. The van der Waals surface area contributed by atoms with Crippen molar-refractivity contribution in [1.82, 2.24) is 10.3 Å². The molecule has 1 saturated heterocycles. The summed E-state index contributed by atoms with van der Waals surface area (Å²) in [4.78, 5) is 18.7. The predicted octanol–water partition coefficient (Wildman–Crippen LogP) is 3.39. The van der Waals surface area contributed by atoms with Crippen LogP contribution in [0.1, 0.15) is 41.3 Å². The molecule has 3 N–H and O–H groups in total. The molecule has 0 atom stereocenters. The van der Waals surface area contributed by atoms with Gasteiger partial charge in [-0.15, -0.1) is 0 Å². The minimum Gasteiger partial charge on any atom is -0.494 e. The Kier molecular flexibility index (Phi) is 5.90. The van der Waals surface area contributed by atoms with Crippen LogP contribution in [0.4, 0.5) is 6.01 Å². The van der Waals surface area contributed by atoms with Gasteiger partial charge in [0, 0.05) is 12.6 Å². The van der Waals surface area contributed by atoms with E-state index in [2.05, 4.69) is 33.4 Å². The van der Waals surface area contributed by atoms with Gasteiger partial charge in [0.2, 0.25) is 0 Å². The fourth-order valence-electron chi connectivity index (χ4n) is 3.98. The number of hydrogen-bond donors (Lipinski definition) is 2. The average molecular weight is 409 g/mol. The van der Waals surface area contributed by atoms with Crippen molar-refractivity contribution in [2.75, 3.05) is 24.6 Å². The van der Waals surface area contributed by atoms with Crippen LogP contribution in [0.5, 0.6) is 5.75 Å². The number of rotatable bonds is 7. The lowest BCUT2D eigenvalue weighted by Gasteiger charge is -2.33. The second kappa shape index (κ2) is 8.75. The van der Waals surface area contributed by atoms with Crippen molar-refractivity contribution in [3.8, 4) is 5.75 Å². The average Bonchev–Trinajstić information content (AvgIpc) is 3.18. The Hall–Kier alpha value is -3.06. The van der Waals surface area contributed by atoms with Gasteiger partial charge in [0.05, 0.1) is 12.2 Å². The van der Waals surface area contributed by atoms with E-state index in [1.165, 1.54) is 0 Å². The number of oxazole rings is 1. The van der Waals surface area contributed by atoms with Crippen LogP contribution in [-0.2, 0) is 6.54 Å². The first kappa shape index (κ1) is 20.2. The first-order chi connectivity index (χ1) is 14.6. The van der Waals surface area contributed by atoms with E-state index in [1.807, 2.05) is 19.9 Å². The molecule has 1 aliphatic heterocycles. The number of primary amides is 1. The number of aromatic nitrogens is 1. The smallest absolute Gasteiger partial charge is 0.298 e. The van der Waals surface area contributed by atoms with E-state index < -0.39 is 5.91 Å². The summed E-state index contributed by atoms with van der Waals surface area (Å²) in [6, 6.07) is 12.3. The maximum Gasteiger partial charge on any atom is 0.298 e. The summed E-state index contributed by atoms with van der Waals surface area (Å²) in [7, 11) is 0. The molecule has 0 saturated carbocycles. The van der Waals surface area contributed by atoms with E-state index in [0.29, 0.717) is 35.8 Å². The second-order valence-corrected chi connectivity index (χ2v) is 7.65. The molecule has 2 aromatic carbocycles. The molecule has 0 unspecified atom stereocenters. The lowest BCUT2D eigenvalue weighted by molar-refractivity contribution is 0.100. The summed E-state index contributed by atoms with van der Waals surface area (Å²) in [5, 5.41) is 3.41. The van der Waals surface area contributed by atoms with Crippen LogP contribution in [0.15, 0.2) is 40.8 Å². The topological polar surface area (TPSA) is 93.6 Å². The maximum atomic E-state index is 11.8. The summed E-state index contributed by atoms with van der Waals surface area (Å²) in [6.07, 6.45) is 1.98. The Morgan fingerprint density at radius 2 is 2.10 bits per heavy atom. The lowest BCUT2D eigenvalue weighted by Crippen LogP contribution is -2.43. The van der Waals surface area contributed by atoms with Crippen LogP contribution in [0, 0.1) is 6.92 Å². The van der Waals surface area contributed by atoms with E-state index >= 15 is 0 Å². The van der Waals surface area contributed by atoms with Crippen LogP contribution < -0.4 is 20.7 Å². The zero-order valence-electron chi connectivity index (χ0n) is 17.5. The quantitative estimate of drug-likeness (QED) is 0.622. The summed E-state index contributed by atoms with van der Waals surface area (Å²) >= 11 is 0. The fraction of sp³-hybridized carbons (Fsp3) is 0.391. The molecule has 1 fully saturated rings. The number of fused-ring (bicyclic) bond motifs is 1. The molecule has 7 nitrogen and oxygen atoms in total. The molecule has 3 aromatic rings. The summed E-state index contributed by atoms with van der Waals surface area (Å²) in [5.41, 5.74) is 9.23. The lowest BCUT2D eigenvalue weighted by atomic mass is 10.0. The number of ether oxygens (including phenoxy) is 1. The number of benzene rings is 2. The Balaban J connectivity index is 1.72. The van der Waals surface area contributed by atoms with Crippen LogP contribution in [0.25, 0.3) is 11.1 Å². The first-order valence-corrected chi connectivity index (χ1v) is 10.5.